The van der Waals surface area contributed by atoms with Gasteiger partial charge in [0.15, 0.2) is 5.69 Å². The number of anilines is 1. The van der Waals surface area contributed by atoms with Crippen LogP contribution in [0.1, 0.15) is 35.6 Å². The number of hydrazone groups is 1. The lowest BCUT2D eigenvalue weighted by Gasteiger charge is -2.15. The highest BCUT2D eigenvalue weighted by molar-refractivity contribution is 5.94. The van der Waals surface area contributed by atoms with Gasteiger partial charge in [0.1, 0.15) is 12.2 Å². The minimum absolute atomic E-state index is 0.0587. The normalized spacial score (nSPS) is 11.4. The number of nitrogens with zero attached hydrogens (tertiary/aromatic N) is 7. The third-order valence-electron chi connectivity index (χ3n) is 4.18. The van der Waals surface area contributed by atoms with E-state index in [9.17, 15) is 4.79 Å². The summed E-state index contributed by atoms with van der Waals surface area (Å²) in [4.78, 5) is 17.8. The van der Waals surface area contributed by atoms with E-state index in [1.54, 1.807) is 24.5 Å². The van der Waals surface area contributed by atoms with Crippen LogP contribution in [0.3, 0.4) is 0 Å². The Kier molecular flexibility index (Phi) is 6.01. The number of pyridine rings is 1. The van der Waals surface area contributed by atoms with Crippen LogP contribution in [0.4, 0.5) is 5.82 Å². The van der Waals surface area contributed by atoms with E-state index in [1.165, 1.54) is 15.8 Å². The molecule has 0 radical (unpaired) electrons. The molecule has 3 aromatic heterocycles. The van der Waals surface area contributed by atoms with Gasteiger partial charge in [0, 0.05) is 12.4 Å². The quantitative estimate of drug-likeness (QED) is 0.323. The van der Waals surface area contributed by atoms with Crippen LogP contribution in [-0.4, -0.2) is 55.5 Å². The number of carbonyl (C=O) groups excluding carboxylic acids is 1. The van der Waals surface area contributed by atoms with E-state index in [2.05, 4.69) is 54.6 Å². The Hall–Kier alpha value is -3.67. The number of nitrogens with one attached hydrogen (secondary N) is 2. The Labute approximate surface area is 160 Å². The molecule has 12 heteroatoms. The smallest absolute Gasteiger partial charge is 0.294 e. The van der Waals surface area contributed by atoms with E-state index < -0.39 is 5.91 Å². The lowest BCUT2D eigenvalue weighted by Crippen LogP contribution is -3.10. The molecule has 3 aromatic rings. The van der Waals surface area contributed by atoms with Crippen LogP contribution in [0.15, 0.2) is 34.3 Å². The molecule has 0 saturated heterocycles. The van der Waals surface area contributed by atoms with Crippen molar-refractivity contribution in [2.24, 2.45) is 5.10 Å². The summed E-state index contributed by atoms with van der Waals surface area (Å²) in [5, 5.41) is 19.3. The second-order valence-electron chi connectivity index (χ2n) is 5.88. The standard InChI is InChI=1S/C16H20N10O2/c1-3-25(4-2)10-12-13(20-24-26(12)15-14(17)22-28-23-15)16(27)21-19-9-11-5-7-18-8-6-11/h5-9H,3-4,10H2,1-2H3,(H2,17,22)(H,21,27)/p+1/b19-9-. The Balaban J connectivity index is 1.87. The molecule has 3 rings (SSSR count). The van der Waals surface area contributed by atoms with Crippen molar-refractivity contribution in [2.75, 3.05) is 18.8 Å². The molecule has 0 aliphatic carbocycles. The first-order valence-corrected chi connectivity index (χ1v) is 8.74. The summed E-state index contributed by atoms with van der Waals surface area (Å²) in [6.07, 6.45) is 4.78. The maximum Gasteiger partial charge on any atom is 0.294 e. The summed E-state index contributed by atoms with van der Waals surface area (Å²) < 4.78 is 6.02. The fourth-order valence-electron chi connectivity index (χ4n) is 2.55. The zero-order valence-electron chi connectivity index (χ0n) is 15.5. The third kappa shape index (κ3) is 4.17. The maximum absolute atomic E-state index is 12.6. The minimum atomic E-state index is -0.492. The second-order valence-corrected chi connectivity index (χ2v) is 5.88. The number of nitrogens with two attached hydrogens (primary N) is 1. The molecular formula is C16H21N10O2+. The zero-order chi connectivity index (χ0) is 19.9. The van der Waals surface area contributed by atoms with E-state index in [-0.39, 0.29) is 17.3 Å². The lowest BCUT2D eigenvalue weighted by molar-refractivity contribution is -0.910. The summed E-state index contributed by atoms with van der Waals surface area (Å²) in [7, 11) is 0. The van der Waals surface area contributed by atoms with Gasteiger partial charge in [-0.05, 0) is 41.9 Å². The predicted octanol–water partition coefficient (Wildman–Crippen LogP) is -1.18. The lowest BCUT2D eigenvalue weighted by atomic mass is 10.2. The molecule has 3 heterocycles. The van der Waals surface area contributed by atoms with Gasteiger partial charge in [0.2, 0.25) is 11.6 Å². The largest absolute Gasteiger partial charge is 0.378 e. The molecule has 0 bridgehead atoms. The van der Waals surface area contributed by atoms with Gasteiger partial charge < -0.3 is 10.6 Å². The van der Waals surface area contributed by atoms with Crippen LogP contribution >= 0.6 is 0 Å². The number of hydrogen-bond acceptors (Lipinski definition) is 9. The zero-order valence-corrected chi connectivity index (χ0v) is 15.5. The summed E-state index contributed by atoms with van der Waals surface area (Å²) >= 11 is 0. The average molecular weight is 385 g/mol. The van der Waals surface area contributed by atoms with Crippen LogP contribution in [0.5, 0.6) is 0 Å². The van der Waals surface area contributed by atoms with Gasteiger partial charge in [0.25, 0.3) is 5.91 Å². The fraction of sp³-hybridized carbons (Fsp3) is 0.312. The van der Waals surface area contributed by atoms with Crippen LogP contribution in [0, 0.1) is 0 Å². The molecule has 0 aromatic carbocycles. The Morgan fingerprint density at radius 2 is 2.07 bits per heavy atom. The van der Waals surface area contributed by atoms with Crippen molar-refractivity contribution >= 4 is 17.9 Å². The van der Waals surface area contributed by atoms with Crippen molar-refractivity contribution in [3.8, 4) is 5.82 Å². The molecular weight excluding hydrogens is 364 g/mol. The number of amides is 1. The number of quaternary nitrogens is 1. The van der Waals surface area contributed by atoms with Gasteiger partial charge in [-0.3, -0.25) is 9.78 Å². The highest BCUT2D eigenvalue weighted by Gasteiger charge is 2.26. The second kappa shape index (κ2) is 8.81. The summed E-state index contributed by atoms with van der Waals surface area (Å²) in [5.74, 6) is -0.245. The number of hydrogen-bond donors (Lipinski definition) is 3. The predicted molar refractivity (Wildman–Crippen MR) is 98.7 cm³/mol. The molecule has 146 valence electrons. The number of nitrogen functional groups attached to an aromatic ring is 1. The molecule has 0 spiro atoms. The van der Waals surface area contributed by atoms with Crippen molar-refractivity contribution in [3.05, 3.63) is 41.5 Å². The van der Waals surface area contributed by atoms with Gasteiger partial charge in [-0.1, -0.05) is 5.21 Å². The number of rotatable bonds is 8. The molecule has 1 amide bonds. The van der Waals surface area contributed by atoms with Crippen LogP contribution in [-0.2, 0) is 6.54 Å². The van der Waals surface area contributed by atoms with Crippen molar-refractivity contribution in [1.82, 2.24) is 35.7 Å². The molecule has 4 N–H and O–H groups in total. The summed E-state index contributed by atoms with van der Waals surface area (Å²) in [6, 6.07) is 3.53. The Morgan fingerprint density at radius 1 is 1.32 bits per heavy atom. The number of aromatic nitrogens is 6. The molecule has 12 nitrogen and oxygen atoms in total. The fourth-order valence-corrected chi connectivity index (χ4v) is 2.55. The average Bonchev–Trinajstić information content (AvgIpc) is 3.32. The Morgan fingerprint density at radius 3 is 2.71 bits per heavy atom. The SMILES string of the molecule is CC[NH+](CC)Cc1c(C(=O)N/N=C\c2ccncc2)nnn1-c1nonc1N. The molecule has 28 heavy (non-hydrogen) atoms. The molecule has 0 aliphatic rings. The van der Waals surface area contributed by atoms with Gasteiger partial charge in [-0.15, -0.1) is 5.10 Å². The van der Waals surface area contributed by atoms with Crippen molar-refractivity contribution in [1.29, 1.82) is 0 Å². The monoisotopic (exact) mass is 385 g/mol. The number of carbonyl (C=O) groups is 1. The first-order chi connectivity index (χ1) is 13.6. The van der Waals surface area contributed by atoms with E-state index >= 15 is 0 Å². The van der Waals surface area contributed by atoms with E-state index in [0.29, 0.717) is 12.2 Å². The first kappa shape index (κ1) is 19.1. The van der Waals surface area contributed by atoms with E-state index in [4.69, 9.17) is 5.73 Å². The maximum atomic E-state index is 12.6. The molecule has 0 atom stereocenters. The molecule has 0 unspecified atom stereocenters. The topological polar surface area (TPSA) is 154 Å². The van der Waals surface area contributed by atoms with Crippen LogP contribution < -0.4 is 16.1 Å². The van der Waals surface area contributed by atoms with Crippen molar-refractivity contribution < 1.29 is 14.3 Å². The van der Waals surface area contributed by atoms with Crippen molar-refractivity contribution in [3.63, 3.8) is 0 Å². The van der Waals surface area contributed by atoms with Crippen molar-refractivity contribution in [2.45, 2.75) is 20.4 Å². The Bertz CT molecular complexity index is 946. The summed E-state index contributed by atoms with van der Waals surface area (Å²) in [6.45, 7) is 6.31. The summed E-state index contributed by atoms with van der Waals surface area (Å²) in [5.41, 5.74) is 9.71. The molecule has 0 aliphatic heterocycles. The van der Waals surface area contributed by atoms with Gasteiger partial charge in [-0.2, -0.15) is 9.78 Å². The first-order valence-electron chi connectivity index (χ1n) is 8.74. The van der Waals surface area contributed by atoms with Crippen LogP contribution in [0.2, 0.25) is 0 Å². The molecule has 0 fully saturated rings. The van der Waals surface area contributed by atoms with Gasteiger partial charge in [0.05, 0.1) is 19.3 Å². The third-order valence-corrected chi connectivity index (χ3v) is 4.18. The molecule has 0 saturated carbocycles. The van der Waals surface area contributed by atoms with E-state index in [1.807, 2.05) is 0 Å². The van der Waals surface area contributed by atoms with E-state index in [0.717, 1.165) is 18.7 Å². The van der Waals surface area contributed by atoms with Gasteiger partial charge in [-0.25, -0.2) is 10.1 Å². The minimum Gasteiger partial charge on any atom is -0.378 e. The van der Waals surface area contributed by atoms with Gasteiger partial charge >= 0.3 is 0 Å². The highest BCUT2D eigenvalue weighted by Crippen LogP contribution is 2.15. The van der Waals surface area contributed by atoms with Crippen LogP contribution in [0.25, 0.3) is 5.82 Å². The highest BCUT2D eigenvalue weighted by atomic mass is 16.6.